The Kier molecular flexibility index (Phi) is 4.49. The molecule has 1 aliphatic heterocycles. The van der Waals surface area contributed by atoms with Gasteiger partial charge >= 0.3 is 23.7 Å². The standard InChI is InChI=1S/C10H11F3N4O5/c1-20-8(18)6-7(14-9(19)10(11,12)13)22-15-17(6)16-2-4-21-5-3-16/h2-5H2,1H3. The van der Waals surface area contributed by atoms with Crippen molar-refractivity contribution in [3.63, 3.8) is 0 Å². The van der Waals surface area contributed by atoms with E-state index in [0.29, 0.717) is 26.3 Å². The maximum Gasteiger partial charge on any atom is 0.419 e. The van der Waals surface area contributed by atoms with Crippen LogP contribution in [0.5, 0.6) is 0 Å². The predicted octanol–water partition coefficient (Wildman–Crippen LogP) is -1.33. The summed E-state index contributed by atoms with van der Waals surface area (Å²) in [5.41, 5.74) is -0.512. The van der Waals surface area contributed by atoms with Gasteiger partial charge in [-0.25, -0.2) is 9.79 Å². The van der Waals surface area contributed by atoms with Crippen LogP contribution in [0.2, 0.25) is 0 Å². The molecular formula is C10H11F3N4O5. The van der Waals surface area contributed by atoms with Gasteiger partial charge in [0.2, 0.25) is 5.27 Å². The van der Waals surface area contributed by atoms with Crippen molar-refractivity contribution >= 4 is 17.8 Å². The van der Waals surface area contributed by atoms with Gasteiger partial charge in [0.05, 0.1) is 44.1 Å². The number of morpholine rings is 1. The van der Waals surface area contributed by atoms with Crippen molar-refractivity contribution < 1.29 is 41.9 Å². The summed E-state index contributed by atoms with van der Waals surface area (Å²) in [5, 5.41) is 15.8. The van der Waals surface area contributed by atoms with E-state index >= 15 is 0 Å². The first-order valence-electron chi connectivity index (χ1n) is 6.00. The van der Waals surface area contributed by atoms with Gasteiger partial charge in [0.25, 0.3) is 0 Å². The maximum atomic E-state index is 12.3. The fourth-order valence-corrected chi connectivity index (χ4v) is 1.68. The highest BCUT2D eigenvalue weighted by molar-refractivity contribution is 5.91. The van der Waals surface area contributed by atoms with Crippen molar-refractivity contribution in [2.75, 3.05) is 38.4 Å². The Hall–Kier alpha value is -2.37. The van der Waals surface area contributed by atoms with Crippen LogP contribution in [0.4, 0.5) is 19.1 Å². The van der Waals surface area contributed by atoms with Crippen molar-refractivity contribution in [2.45, 2.75) is 6.18 Å². The summed E-state index contributed by atoms with van der Waals surface area (Å²) in [5.74, 6) is -4.33. The van der Waals surface area contributed by atoms with Crippen molar-refractivity contribution in [1.82, 2.24) is 5.27 Å². The Morgan fingerprint density at radius 1 is 1.45 bits per heavy atom. The molecule has 0 atom stereocenters. The second kappa shape index (κ2) is 6.17. The molecule has 1 saturated heterocycles. The first kappa shape index (κ1) is 16.0. The predicted molar refractivity (Wildman–Crippen MR) is 60.0 cm³/mol. The SMILES string of the molecule is COC(=O)c1c(/N=C(\[O-])C(F)(F)F)on[n+]1N1CCOCC1. The van der Waals surface area contributed by atoms with E-state index in [4.69, 9.17) is 4.74 Å². The summed E-state index contributed by atoms with van der Waals surface area (Å²) in [6, 6.07) is 0. The number of carbonyl (C=O) groups is 1. The van der Waals surface area contributed by atoms with E-state index in [-0.39, 0.29) is 0 Å². The highest BCUT2D eigenvalue weighted by Crippen LogP contribution is 2.21. The van der Waals surface area contributed by atoms with Gasteiger partial charge in [0.15, 0.2) is 0 Å². The zero-order valence-electron chi connectivity index (χ0n) is 11.3. The van der Waals surface area contributed by atoms with Crippen molar-refractivity contribution in [3.05, 3.63) is 5.69 Å². The van der Waals surface area contributed by atoms with Crippen LogP contribution in [0.15, 0.2) is 9.52 Å². The molecule has 22 heavy (non-hydrogen) atoms. The second-order valence-corrected chi connectivity index (χ2v) is 4.09. The van der Waals surface area contributed by atoms with Crippen molar-refractivity contribution in [1.29, 1.82) is 0 Å². The van der Waals surface area contributed by atoms with Crippen LogP contribution < -0.4 is 14.9 Å². The number of alkyl halides is 3. The van der Waals surface area contributed by atoms with Crippen molar-refractivity contribution in [3.8, 4) is 0 Å². The molecule has 0 unspecified atom stereocenters. The maximum absolute atomic E-state index is 12.3. The Labute approximate surface area is 121 Å². The minimum Gasteiger partial charge on any atom is -0.855 e. The number of hydrogen-bond acceptors (Lipinski definition) is 8. The molecule has 1 aliphatic rings. The Morgan fingerprint density at radius 3 is 2.64 bits per heavy atom. The number of rotatable bonds is 3. The Balaban J connectivity index is 2.43. The monoisotopic (exact) mass is 324 g/mol. The van der Waals surface area contributed by atoms with Crippen LogP contribution in [-0.2, 0) is 9.47 Å². The lowest BCUT2D eigenvalue weighted by molar-refractivity contribution is -0.761. The lowest BCUT2D eigenvalue weighted by Gasteiger charge is -2.19. The van der Waals surface area contributed by atoms with E-state index in [9.17, 15) is 23.1 Å². The van der Waals surface area contributed by atoms with Crippen LogP contribution in [0, 0.1) is 0 Å². The third-order valence-corrected chi connectivity index (χ3v) is 2.69. The van der Waals surface area contributed by atoms with Gasteiger partial charge in [-0.3, -0.25) is 4.52 Å². The van der Waals surface area contributed by atoms with Crippen LogP contribution in [0.3, 0.4) is 0 Å². The lowest BCUT2D eigenvalue weighted by Crippen LogP contribution is -2.65. The highest BCUT2D eigenvalue weighted by atomic mass is 19.4. The highest BCUT2D eigenvalue weighted by Gasteiger charge is 2.39. The fraction of sp³-hybridized carbons (Fsp3) is 0.600. The van der Waals surface area contributed by atoms with E-state index in [0.717, 1.165) is 11.9 Å². The minimum atomic E-state index is -5.19. The zero-order valence-corrected chi connectivity index (χ0v) is 11.3. The molecule has 1 fully saturated rings. The summed E-state index contributed by atoms with van der Waals surface area (Å²) in [4.78, 5) is 15.4. The summed E-state index contributed by atoms with van der Waals surface area (Å²) in [6.45, 7) is 1.28. The zero-order chi connectivity index (χ0) is 16.3. The van der Waals surface area contributed by atoms with Crippen LogP contribution >= 0.6 is 0 Å². The molecule has 2 rings (SSSR count). The number of ether oxygens (including phenoxy) is 2. The molecule has 0 bridgehead atoms. The van der Waals surface area contributed by atoms with Gasteiger partial charge < -0.3 is 14.6 Å². The number of aliphatic imine (C=N–C) groups is 1. The fourth-order valence-electron chi connectivity index (χ4n) is 1.68. The molecule has 9 nitrogen and oxygen atoms in total. The third-order valence-electron chi connectivity index (χ3n) is 2.69. The average Bonchev–Trinajstić information content (AvgIpc) is 2.90. The van der Waals surface area contributed by atoms with Crippen LogP contribution in [0.25, 0.3) is 0 Å². The number of aromatic nitrogens is 2. The average molecular weight is 324 g/mol. The molecule has 0 aromatic carbocycles. The molecule has 0 spiro atoms. The topological polar surface area (TPSA) is 104 Å². The van der Waals surface area contributed by atoms with E-state index in [1.54, 1.807) is 0 Å². The normalized spacial score (nSPS) is 16.7. The van der Waals surface area contributed by atoms with Gasteiger partial charge in [0, 0.05) is 0 Å². The first-order chi connectivity index (χ1) is 10.3. The van der Waals surface area contributed by atoms with Gasteiger partial charge in [-0.05, 0) is 0 Å². The lowest BCUT2D eigenvalue weighted by atomic mass is 10.4. The van der Waals surface area contributed by atoms with E-state index < -0.39 is 29.6 Å². The molecule has 2 heterocycles. The summed E-state index contributed by atoms with van der Waals surface area (Å²) in [6.07, 6.45) is -5.19. The molecule has 1 aromatic heterocycles. The minimum absolute atomic E-state index is 0.313. The van der Waals surface area contributed by atoms with Gasteiger partial charge in [-0.15, -0.1) is 5.01 Å². The van der Waals surface area contributed by atoms with Crippen LogP contribution in [0.1, 0.15) is 10.5 Å². The molecule has 0 aliphatic carbocycles. The molecule has 0 N–H and O–H groups in total. The molecule has 12 heteroatoms. The van der Waals surface area contributed by atoms with E-state index in [1.165, 1.54) is 5.01 Å². The number of esters is 1. The third kappa shape index (κ3) is 3.27. The largest absolute Gasteiger partial charge is 0.855 e. The number of nitrogens with zero attached hydrogens (tertiary/aromatic N) is 4. The van der Waals surface area contributed by atoms with Crippen LogP contribution in [-0.4, -0.2) is 56.7 Å². The van der Waals surface area contributed by atoms with Gasteiger partial charge in [0.1, 0.15) is 0 Å². The number of halogens is 3. The quantitative estimate of drug-likeness (QED) is 0.294. The van der Waals surface area contributed by atoms with E-state index in [2.05, 4.69) is 19.5 Å². The molecule has 0 saturated carbocycles. The number of methoxy groups -OCH3 is 1. The molecule has 0 amide bonds. The molecule has 122 valence electrons. The second-order valence-electron chi connectivity index (χ2n) is 4.09. The van der Waals surface area contributed by atoms with Gasteiger partial charge in [-0.2, -0.15) is 13.2 Å². The summed E-state index contributed by atoms with van der Waals surface area (Å²) in [7, 11) is 1.02. The molecule has 0 radical (unpaired) electrons. The van der Waals surface area contributed by atoms with E-state index in [1.807, 2.05) is 0 Å². The van der Waals surface area contributed by atoms with Gasteiger partial charge in [-0.1, -0.05) is 0 Å². The summed E-state index contributed by atoms with van der Waals surface area (Å²) >= 11 is 0. The summed E-state index contributed by atoms with van der Waals surface area (Å²) < 4.78 is 50.9. The first-order valence-corrected chi connectivity index (χ1v) is 6.00. The Morgan fingerprint density at radius 2 is 2.09 bits per heavy atom. The number of hydrogen-bond donors (Lipinski definition) is 0. The Bertz CT molecular complexity index is 580. The molecular weight excluding hydrogens is 313 g/mol. The van der Waals surface area contributed by atoms with Crippen molar-refractivity contribution in [2.24, 2.45) is 4.99 Å². The molecule has 1 aromatic rings. The number of carbonyl (C=O) groups excluding carboxylic acids is 1. The smallest absolute Gasteiger partial charge is 0.419 e.